The van der Waals surface area contributed by atoms with Crippen molar-refractivity contribution in [1.29, 1.82) is 0 Å². The first-order valence-corrected chi connectivity index (χ1v) is 9.34. The monoisotopic (exact) mass is 380 g/mol. The molecule has 1 saturated heterocycles. The first-order valence-electron chi connectivity index (χ1n) is 9.34. The van der Waals surface area contributed by atoms with E-state index in [1.165, 1.54) is 12.1 Å². The molecule has 1 aliphatic heterocycles. The number of hydrogen-bond donors (Lipinski definition) is 0. The lowest BCUT2D eigenvalue weighted by molar-refractivity contribution is 0.0722. The van der Waals surface area contributed by atoms with Crippen molar-refractivity contribution >= 4 is 5.91 Å². The fourth-order valence-corrected chi connectivity index (χ4v) is 3.32. The number of rotatable bonds is 4. The van der Waals surface area contributed by atoms with Gasteiger partial charge in [0.1, 0.15) is 5.82 Å². The van der Waals surface area contributed by atoms with E-state index in [0.717, 1.165) is 37.2 Å². The predicted molar refractivity (Wildman–Crippen MR) is 102 cm³/mol. The van der Waals surface area contributed by atoms with Crippen molar-refractivity contribution in [1.82, 2.24) is 20.0 Å². The Labute approximate surface area is 162 Å². The van der Waals surface area contributed by atoms with Gasteiger partial charge in [0.15, 0.2) is 0 Å². The SMILES string of the molecule is O=C(c1nnc(-c2ccccc2)o1)N1CCCN(Cc2ccc(F)cc2)CC1. The number of amides is 1. The fourth-order valence-electron chi connectivity index (χ4n) is 3.32. The summed E-state index contributed by atoms with van der Waals surface area (Å²) in [5.74, 6) is -0.105. The summed E-state index contributed by atoms with van der Waals surface area (Å²) in [6.45, 7) is 3.58. The molecular weight excluding hydrogens is 359 g/mol. The van der Waals surface area contributed by atoms with Gasteiger partial charge in [-0.15, -0.1) is 10.2 Å². The summed E-state index contributed by atoms with van der Waals surface area (Å²) < 4.78 is 18.7. The maximum absolute atomic E-state index is 13.1. The molecule has 1 fully saturated rings. The summed E-state index contributed by atoms with van der Waals surface area (Å²) in [6.07, 6.45) is 0.854. The van der Waals surface area contributed by atoms with E-state index < -0.39 is 0 Å². The van der Waals surface area contributed by atoms with Crippen LogP contribution in [0.3, 0.4) is 0 Å². The smallest absolute Gasteiger partial charge is 0.311 e. The molecule has 144 valence electrons. The minimum absolute atomic E-state index is 0.0193. The van der Waals surface area contributed by atoms with Crippen LogP contribution in [0.4, 0.5) is 4.39 Å². The van der Waals surface area contributed by atoms with Crippen LogP contribution in [-0.4, -0.2) is 52.1 Å². The van der Waals surface area contributed by atoms with Crippen LogP contribution < -0.4 is 0 Å². The molecule has 0 saturated carbocycles. The molecule has 0 spiro atoms. The van der Waals surface area contributed by atoms with Crippen molar-refractivity contribution in [2.45, 2.75) is 13.0 Å². The minimum atomic E-state index is -0.238. The quantitative estimate of drug-likeness (QED) is 0.695. The molecule has 4 rings (SSSR count). The number of halogens is 1. The predicted octanol–water partition coefficient (Wildman–Crippen LogP) is 3.22. The van der Waals surface area contributed by atoms with Gasteiger partial charge in [0, 0.05) is 38.3 Å². The van der Waals surface area contributed by atoms with Gasteiger partial charge in [-0.25, -0.2) is 4.39 Å². The van der Waals surface area contributed by atoms with Crippen molar-refractivity contribution in [3.05, 3.63) is 71.9 Å². The Morgan fingerprint density at radius 2 is 1.75 bits per heavy atom. The third-order valence-electron chi connectivity index (χ3n) is 4.82. The van der Waals surface area contributed by atoms with E-state index in [0.29, 0.717) is 19.0 Å². The van der Waals surface area contributed by atoms with E-state index >= 15 is 0 Å². The Bertz CT molecular complexity index is 927. The molecule has 28 heavy (non-hydrogen) atoms. The van der Waals surface area contributed by atoms with Crippen LogP contribution in [0.25, 0.3) is 11.5 Å². The summed E-state index contributed by atoms with van der Waals surface area (Å²) in [5.41, 5.74) is 1.85. The van der Waals surface area contributed by atoms with Gasteiger partial charge in [0.2, 0.25) is 5.89 Å². The average molecular weight is 380 g/mol. The largest absolute Gasteiger partial charge is 0.412 e. The minimum Gasteiger partial charge on any atom is -0.412 e. The molecule has 0 bridgehead atoms. The normalized spacial score (nSPS) is 15.4. The Balaban J connectivity index is 1.38. The van der Waals surface area contributed by atoms with Gasteiger partial charge in [0.05, 0.1) is 0 Å². The summed E-state index contributed by atoms with van der Waals surface area (Å²) in [7, 11) is 0. The number of hydrogen-bond acceptors (Lipinski definition) is 5. The molecule has 0 radical (unpaired) electrons. The molecule has 1 aromatic heterocycles. The van der Waals surface area contributed by atoms with Crippen LogP contribution in [0.1, 0.15) is 22.7 Å². The van der Waals surface area contributed by atoms with Gasteiger partial charge in [0.25, 0.3) is 0 Å². The maximum atomic E-state index is 13.1. The van der Waals surface area contributed by atoms with E-state index in [-0.39, 0.29) is 17.6 Å². The van der Waals surface area contributed by atoms with E-state index in [4.69, 9.17) is 4.42 Å². The van der Waals surface area contributed by atoms with E-state index in [9.17, 15) is 9.18 Å². The van der Waals surface area contributed by atoms with Gasteiger partial charge in [-0.2, -0.15) is 0 Å². The van der Waals surface area contributed by atoms with Crippen LogP contribution in [0.15, 0.2) is 59.0 Å². The molecule has 0 N–H and O–H groups in total. The summed E-state index contributed by atoms with van der Waals surface area (Å²) in [4.78, 5) is 16.8. The van der Waals surface area contributed by atoms with E-state index in [1.807, 2.05) is 30.3 Å². The lowest BCUT2D eigenvalue weighted by Crippen LogP contribution is -2.35. The zero-order valence-corrected chi connectivity index (χ0v) is 15.4. The molecule has 0 aliphatic carbocycles. The van der Waals surface area contributed by atoms with Crippen molar-refractivity contribution in [3.63, 3.8) is 0 Å². The fraction of sp³-hybridized carbons (Fsp3) is 0.286. The highest BCUT2D eigenvalue weighted by Crippen LogP contribution is 2.18. The van der Waals surface area contributed by atoms with E-state index in [1.54, 1.807) is 17.0 Å². The van der Waals surface area contributed by atoms with Crippen LogP contribution in [0, 0.1) is 5.82 Å². The molecule has 6 nitrogen and oxygen atoms in total. The van der Waals surface area contributed by atoms with Crippen molar-refractivity contribution in [3.8, 4) is 11.5 Å². The van der Waals surface area contributed by atoms with Gasteiger partial charge >= 0.3 is 11.8 Å². The summed E-state index contributed by atoms with van der Waals surface area (Å²) >= 11 is 0. The van der Waals surface area contributed by atoms with Crippen LogP contribution in [0.2, 0.25) is 0 Å². The molecule has 2 aromatic carbocycles. The Kier molecular flexibility index (Phi) is 5.43. The second-order valence-electron chi connectivity index (χ2n) is 6.83. The number of aromatic nitrogens is 2. The van der Waals surface area contributed by atoms with Crippen molar-refractivity contribution < 1.29 is 13.6 Å². The average Bonchev–Trinajstić information content (AvgIpc) is 3.11. The van der Waals surface area contributed by atoms with E-state index in [2.05, 4.69) is 15.1 Å². The molecule has 1 amide bonds. The molecule has 3 aromatic rings. The number of carbonyl (C=O) groups is 1. The van der Waals surface area contributed by atoms with Gasteiger partial charge in [-0.1, -0.05) is 30.3 Å². The second-order valence-corrected chi connectivity index (χ2v) is 6.83. The molecule has 1 aliphatic rings. The zero-order chi connectivity index (χ0) is 19.3. The molecule has 0 unspecified atom stereocenters. The Hall–Kier alpha value is -3.06. The summed E-state index contributed by atoms with van der Waals surface area (Å²) in [5, 5.41) is 7.93. The third-order valence-corrected chi connectivity index (χ3v) is 4.82. The zero-order valence-electron chi connectivity index (χ0n) is 15.4. The number of benzene rings is 2. The highest BCUT2D eigenvalue weighted by molar-refractivity contribution is 5.89. The highest BCUT2D eigenvalue weighted by atomic mass is 19.1. The standard InChI is InChI=1S/C21H21FN4O2/c22-18-9-7-16(8-10-18)15-25-11-4-12-26(14-13-25)21(27)20-24-23-19(28-20)17-5-2-1-3-6-17/h1-3,5-10H,4,11-15H2. The maximum Gasteiger partial charge on any atom is 0.311 e. The molecule has 2 heterocycles. The Morgan fingerprint density at radius 3 is 2.54 bits per heavy atom. The second kappa shape index (κ2) is 8.31. The van der Waals surface area contributed by atoms with Crippen LogP contribution in [0.5, 0.6) is 0 Å². The summed E-state index contributed by atoms with van der Waals surface area (Å²) in [6, 6.07) is 15.9. The van der Waals surface area contributed by atoms with Crippen molar-refractivity contribution in [2.24, 2.45) is 0 Å². The number of carbonyl (C=O) groups excluding carboxylic acids is 1. The lowest BCUT2D eigenvalue weighted by Gasteiger charge is -2.21. The van der Waals surface area contributed by atoms with Gasteiger partial charge in [-0.3, -0.25) is 9.69 Å². The lowest BCUT2D eigenvalue weighted by atomic mass is 10.2. The van der Waals surface area contributed by atoms with Crippen LogP contribution in [-0.2, 0) is 6.54 Å². The first kappa shape index (κ1) is 18.3. The van der Waals surface area contributed by atoms with Gasteiger partial charge < -0.3 is 9.32 Å². The topological polar surface area (TPSA) is 62.5 Å². The van der Waals surface area contributed by atoms with Crippen molar-refractivity contribution in [2.75, 3.05) is 26.2 Å². The first-order chi connectivity index (χ1) is 13.7. The number of nitrogens with zero attached hydrogens (tertiary/aromatic N) is 4. The molecular formula is C21H21FN4O2. The molecule has 0 atom stereocenters. The molecule has 7 heteroatoms. The third kappa shape index (κ3) is 4.26. The van der Waals surface area contributed by atoms with Crippen LogP contribution >= 0.6 is 0 Å². The highest BCUT2D eigenvalue weighted by Gasteiger charge is 2.25. The Morgan fingerprint density at radius 1 is 0.964 bits per heavy atom. The van der Waals surface area contributed by atoms with Gasteiger partial charge in [-0.05, 0) is 36.2 Å².